The van der Waals surface area contributed by atoms with Gasteiger partial charge in [-0.2, -0.15) is 0 Å². The van der Waals surface area contributed by atoms with Gasteiger partial charge in [0, 0.05) is 22.7 Å². The Morgan fingerprint density at radius 2 is 2.04 bits per heavy atom. The number of nitrogens with zero attached hydrogens (tertiary/aromatic N) is 1. The van der Waals surface area contributed by atoms with Crippen LogP contribution in [0.2, 0.25) is 5.02 Å². The third-order valence-corrected chi connectivity index (χ3v) is 4.85. The summed E-state index contributed by atoms with van der Waals surface area (Å²) in [6.07, 6.45) is 0.706. The van der Waals surface area contributed by atoms with E-state index in [4.69, 9.17) is 28.6 Å². The molecule has 23 heavy (non-hydrogen) atoms. The average Bonchev–Trinajstić information content (AvgIpc) is 2.49. The summed E-state index contributed by atoms with van der Waals surface area (Å²) in [6, 6.07) is 11.9. The van der Waals surface area contributed by atoms with Gasteiger partial charge in [0.05, 0.1) is 6.04 Å². The molecule has 2 heterocycles. The summed E-state index contributed by atoms with van der Waals surface area (Å²) >= 11 is 11.6. The van der Waals surface area contributed by atoms with Crippen molar-refractivity contribution in [3.63, 3.8) is 0 Å². The molecule has 1 N–H and O–H groups in total. The summed E-state index contributed by atoms with van der Waals surface area (Å²) in [5, 5.41) is 4.57. The van der Waals surface area contributed by atoms with E-state index < -0.39 is 5.72 Å². The molecule has 4 rings (SSSR count). The lowest BCUT2D eigenvalue weighted by molar-refractivity contribution is 0.0498. The van der Waals surface area contributed by atoms with Crippen LogP contribution in [-0.4, -0.2) is 10.8 Å². The Labute approximate surface area is 144 Å². The van der Waals surface area contributed by atoms with E-state index in [0.29, 0.717) is 16.6 Å². The first-order chi connectivity index (χ1) is 11.0. The van der Waals surface area contributed by atoms with Crippen LogP contribution in [0.25, 0.3) is 0 Å². The minimum absolute atomic E-state index is 0.0478. The van der Waals surface area contributed by atoms with Crippen molar-refractivity contribution in [3.8, 4) is 5.75 Å². The van der Waals surface area contributed by atoms with Crippen LogP contribution in [0.1, 0.15) is 24.9 Å². The van der Waals surface area contributed by atoms with Crippen LogP contribution >= 0.6 is 23.8 Å². The third-order valence-electron chi connectivity index (χ3n) is 4.32. The molecule has 0 spiro atoms. The van der Waals surface area contributed by atoms with Gasteiger partial charge in [-0.1, -0.05) is 11.6 Å². The number of halogens is 2. The number of rotatable bonds is 1. The molecule has 118 valence electrons. The van der Waals surface area contributed by atoms with Gasteiger partial charge in [0.25, 0.3) is 0 Å². The zero-order valence-corrected chi connectivity index (χ0v) is 13.9. The highest BCUT2D eigenvalue weighted by molar-refractivity contribution is 7.80. The van der Waals surface area contributed by atoms with Gasteiger partial charge < -0.3 is 10.1 Å². The first-order valence-corrected chi connectivity index (χ1v) is 8.10. The fourth-order valence-electron chi connectivity index (χ4n) is 3.33. The fourth-order valence-corrected chi connectivity index (χ4v) is 3.95. The standard InChI is InChI=1S/C17H14ClFN2OS/c1-17-9-14(13-8-10(18)2-7-15(13)22-17)20-16(23)21(17)12-5-3-11(19)4-6-12/h2-8,14H,9H2,1H3,(H,20,23). The first kappa shape index (κ1) is 14.7. The summed E-state index contributed by atoms with van der Waals surface area (Å²) < 4.78 is 19.5. The summed E-state index contributed by atoms with van der Waals surface area (Å²) in [4.78, 5) is 1.90. The van der Waals surface area contributed by atoms with Gasteiger partial charge >= 0.3 is 0 Å². The summed E-state index contributed by atoms with van der Waals surface area (Å²) in [5.74, 6) is 0.507. The summed E-state index contributed by atoms with van der Waals surface area (Å²) in [5.41, 5.74) is 1.17. The lowest BCUT2D eigenvalue weighted by atomic mass is 9.90. The third kappa shape index (κ3) is 2.35. The van der Waals surface area contributed by atoms with E-state index >= 15 is 0 Å². The normalized spacial score (nSPS) is 25.4. The number of benzene rings is 2. The van der Waals surface area contributed by atoms with Gasteiger partial charge in [0.15, 0.2) is 10.8 Å². The van der Waals surface area contributed by atoms with Crippen molar-refractivity contribution < 1.29 is 9.13 Å². The first-order valence-electron chi connectivity index (χ1n) is 7.31. The largest absolute Gasteiger partial charge is 0.467 e. The molecule has 2 aromatic carbocycles. The minimum Gasteiger partial charge on any atom is -0.467 e. The Hall–Kier alpha value is -1.85. The average molecular weight is 349 g/mol. The van der Waals surface area contributed by atoms with E-state index in [1.165, 1.54) is 12.1 Å². The number of hydrogen-bond donors (Lipinski definition) is 1. The molecule has 2 aromatic rings. The molecule has 0 saturated carbocycles. The predicted octanol–water partition coefficient (Wildman–Crippen LogP) is 4.41. The SMILES string of the molecule is CC12CC(NC(=S)N1c1ccc(F)cc1)c1cc(Cl)ccc1O2. The lowest BCUT2D eigenvalue weighted by Gasteiger charge is -2.52. The molecule has 0 amide bonds. The smallest absolute Gasteiger partial charge is 0.188 e. The maximum atomic E-state index is 13.2. The molecule has 0 aliphatic carbocycles. The predicted molar refractivity (Wildman–Crippen MR) is 92.5 cm³/mol. The number of ether oxygens (including phenoxy) is 1. The number of nitrogens with one attached hydrogen (secondary N) is 1. The maximum absolute atomic E-state index is 13.2. The number of hydrogen-bond acceptors (Lipinski definition) is 2. The van der Waals surface area contributed by atoms with Crippen LogP contribution in [0.15, 0.2) is 42.5 Å². The fraction of sp³-hybridized carbons (Fsp3) is 0.235. The van der Waals surface area contributed by atoms with E-state index in [-0.39, 0.29) is 11.9 Å². The molecule has 1 saturated heterocycles. The van der Waals surface area contributed by atoms with Crippen molar-refractivity contribution in [1.82, 2.24) is 5.32 Å². The van der Waals surface area contributed by atoms with Crippen LogP contribution in [-0.2, 0) is 0 Å². The van der Waals surface area contributed by atoms with Crippen molar-refractivity contribution in [2.75, 3.05) is 4.90 Å². The highest BCUT2D eigenvalue weighted by atomic mass is 35.5. The van der Waals surface area contributed by atoms with Crippen LogP contribution in [0.4, 0.5) is 10.1 Å². The van der Waals surface area contributed by atoms with Crippen LogP contribution in [0.3, 0.4) is 0 Å². The maximum Gasteiger partial charge on any atom is 0.188 e. The summed E-state index contributed by atoms with van der Waals surface area (Å²) in [7, 11) is 0. The Balaban J connectivity index is 1.79. The number of anilines is 1. The van der Waals surface area contributed by atoms with Crippen molar-refractivity contribution in [2.24, 2.45) is 0 Å². The van der Waals surface area contributed by atoms with Crippen LogP contribution in [0.5, 0.6) is 5.75 Å². The Morgan fingerprint density at radius 3 is 2.78 bits per heavy atom. The Morgan fingerprint density at radius 1 is 1.30 bits per heavy atom. The van der Waals surface area contributed by atoms with Gasteiger partial charge in [-0.25, -0.2) is 4.39 Å². The minimum atomic E-state index is -0.633. The van der Waals surface area contributed by atoms with Crippen LogP contribution in [0, 0.1) is 5.82 Å². The summed E-state index contributed by atoms with van der Waals surface area (Å²) in [6.45, 7) is 1.99. The van der Waals surface area contributed by atoms with E-state index in [9.17, 15) is 4.39 Å². The zero-order chi connectivity index (χ0) is 16.2. The molecule has 6 heteroatoms. The Kier molecular flexibility index (Phi) is 3.25. The van der Waals surface area contributed by atoms with Crippen molar-refractivity contribution in [3.05, 3.63) is 58.9 Å². The second-order valence-electron chi connectivity index (χ2n) is 5.98. The molecule has 2 aliphatic rings. The second-order valence-corrected chi connectivity index (χ2v) is 6.80. The quantitative estimate of drug-likeness (QED) is 0.771. The van der Waals surface area contributed by atoms with Gasteiger partial charge in [-0.05, 0) is 61.6 Å². The molecule has 0 radical (unpaired) electrons. The lowest BCUT2D eigenvalue weighted by Crippen LogP contribution is -2.65. The Bertz CT molecular complexity index is 798. The van der Waals surface area contributed by atoms with Crippen molar-refractivity contribution in [2.45, 2.75) is 25.1 Å². The second kappa shape index (κ2) is 5.08. The topological polar surface area (TPSA) is 24.5 Å². The highest BCUT2D eigenvalue weighted by Crippen LogP contribution is 2.46. The van der Waals surface area contributed by atoms with E-state index in [0.717, 1.165) is 17.0 Å². The molecule has 2 aliphatic heterocycles. The van der Waals surface area contributed by atoms with E-state index in [1.54, 1.807) is 12.1 Å². The van der Waals surface area contributed by atoms with E-state index in [1.807, 2.05) is 30.0 Å². The van der Waals surface area contributed by atoms with Gasteiger partial charge in [-0.3, -0.25) is 4.90 Å². The van der Waals surface area contributed by atoms with Crippen molar-refractivity contribution >= 4 is 34.6 Å². The molecule has 0 aromatic heterocycles. The molecular formula is C17H14ClFN2OS. The molecule has 2 bridgehead atoms. The molecule has 2 unspecified atom stereocenters. The van der Waals surface area contributed by atoms with Gasteiger partial charge in [0.2, 0.25) is 0 Å². The number of fused-ring (bicyclic) bond motifs is 4. The number of thiocarbonyl (C=S) groups is 1. The highest BCUT2D eigenvalue weighted by Gasteiger charge is 2.48. The van der Waals surface area contributed by atoms with E-state index in [2.05, 4.69) is 5.32 Å². The van der Waals surface area contributed by atoms with Crippen LogP contribution < -0.4 is 15.0 Å². The molecule has 2 atom stereocenters. The van der Waals surface area contributed by atoms with Gasteiger partial charge in [-0.15, -0.1) is 0 Å². The zero-order valence-electron chi connectivity index (χ0n) is 12.3. The van der Waals surface area contributed by atoms with Gasteiger partial charge in [0.1, 0.15) is 11.6 Å². The molecule has 1 fully saturated rings. The van der Waals surface area contributed by atoms with Crippen molar-refractivity contribution in [1.29, 1.82) is 0 Å². The monoisotopic (exact) mass is 348 g/mol. The molecule has 3 nitrogen and oxygen atoms in total. The molecular weight excluding hydrogens is 335 g/mol.